The summed E-state index contributed by atoms with van der Waals surface area (Å²) in [4.78, 5) is 24.4. The molecule has 2 N–H and O–H groups in total. The molecule has 0 spiro atoms. The Hall–Kier alpha value is -2.83. The summed E-state index contributed by atoms with van der Waals surface area (Å²) < 4.78 is 5.22. The number of ether oxygens (including phenoxy) is 1. The van der Waals surface area contributed by atoms with Crippen molar-refractivity contribution < 1.29 is 9.53 Å². The highest BCUT2D eigenvalue weighted by Gasteiger charge is 2.25. The van der Waals surface area contributed by atoms with E-state index < -0.39 is 0 Å². The van der Waals surface area contributed by atoms with Crippen molar-refractivity contribution in [2.24, 2.45) is 0 Å². The zero-order chi connectivity index (χ0) is 21.8. The van der Waals surface area contributed by atoms with Gasteiger partial charge in [-0.3, -0.25) is 4.79 Å². The molecule has 2 aliphatic carbocycles. The Labute approximate surface area is 184 Å². The van der Waals surface area contributed by atoms with Crippen molar-refractivity contribution in [2.45, 2.75) is 63.5 Å². The van der Waals surface area contributed by atoms with Crippen molar-refractivity contribution in [3.8, 4) is 5.75 Å². The molecule has 1 fully saturated rings. The maximum Gasteiger partial charge on any atom is 0.251 e. The molecule has 1 aromatic carbocycles. The van der Waals surface area contributed by atoms with Crippen molar-refractivity contribution in [3.63, 3.8) is 0 Å². The first-order chi connectivity index (χ1) is 15.0. The predicted octanol–water partition coefficient (Wildman–Crippen LogP) is 3.58. The number of rotatable bonds is 6. The lowest BCUT2D eigenvalue weighted by Crippen LogP contribution is -2.40. The lowest BCUT2D eigenvalue weighted by atomic mass is 9.91. The molecule has 2 aliphatic rings. The van der Waals surface area contributed by atoms with Crippen LogP contribution in [0.15, 0.2) is 24.3 Å². The van der Waals surface area contributed by atoms with Crippen molar-refractivity contribution >= 4 is 17.7 Å². The van der Waals surface area contributed by atoms with E-state index in [2.05, 4.69) is 29.6 Å². The third-order valence-electron chi connectivity index (χ3n) is 6.31. The van der Waals surface area contributed by atoms with Crippen molar-refractivity contribution in [1.82, 2.24) is 15.3 Å². The van der Waals surface area contributed by atoms with E-state index >= 15 is 0 Å². The smallest absolute Gasteiger partial charge is 0.251 e. The van der Waals surface area contributed by atoms with Crippen LogP contribution in [-0.2, 0) is 12.8 Å². The molecule has 1 aromatic heterocycles. The molecule has 1 heterocycles. The van der Waals surface area contributed by atoms with E-state index in [-0.39, 0.29) is 11.9 Å². The van der Waals surface area contributed by atoms with Gasteiger partial charge in [-0.1, -0.05) is 6.07 Å². The first-order valence-corrected chi connectivity index (χ1v) is 11.3. The van der Waals surface area contributed by atoms with E-state index in [9.17, 15) is 4.79 Å². The molecule has 31 heavy (non-hydrogen) atoms. The maximum atomic E-state index is 12.6. The van der Waals surface area contributed by atoms with Crippen molar-refractivity contribution in [3.05, 3.63) is 41.1 Å². The largest absolute Gasteiger partial charge is 0.497 e. The van der Waals surface area contributed by atoms with Gasteiger partial charge < -0.3 is 20.3 Å². The second-order valence-electron chi connectivity index (χ2n) is 8.80. The number of anilines is 2. The number of carbonyl (C=O) groups is 1. The highest BCUT2D eigenvalue weighted by molar-refractivity contribution is 5.94. The van der Waals surface area contributed by atoms with Crippen LogP contribution >= 0.6 is 0 Å². The maximum absolute atomic E-state index is 12.6. The van der Waals surface area contributed by atoms with Gasteiger partial charge in [-0.25, -0.2) is 4.98 Å². The van der Waals surface area contributed by atoms with Gasteiger partial charge >= 0.3 is 0 Å². The van der Waals surface area contributed by atoms with Gasteiger partial charge in [0.2, 0.25) is 5.95 Å². The number of aryl methyl sites for hydroxylation is 1. The van der Waals surface area contributed by atoms with Crippen LogP contribution in [0.4, 0.5) is 11.8 Å². The van der Waals surface area contributed by atoms with Gasteiger partial charge in [0.15, 0.2) is 0 Å². The van der Waals surface area contributed by atoms with Crippen LogP contribution in [0.1, 0.15) is 60.1 Å². The van der Waals surface area contributed by atoms with Crippen LogP contribution in [0.5, 0.6) is 5.75 Å². The predicted molar refractivity (Wildman–Crippen MR) is 123 cm³/mol. The number of carbonyl (C=O) groups excluding carboxylic acids is 1. The molecule has 0 radical (unpaired) electrons. The van der Waals surface area contributed by atoms with E-state index in [1.807, 2.05) is 18.2 Å². The number of fused-ring (bicyclic) bond motifs is 1. The molecular formula is C24H33N5O2. The van der Waals surface area contributed by atoms with Gasteiger partial charge in [-0.2, -0.15) is 4.98 Å². The Kier molecular flexibility index (Phi) is 6.59. The number of amides is 1. The number of nitrogens with one attached hydrogen (secondary N) is 2. The molecule has 1 saturated carbocycles. The Morgan fingerprint density at radius 2 is 1.81 bits per heavy atom. The molecular weight excluding hydrogens is 390 g/mol. The van der Waals surface area contributed by atoms with Gasteiger partial charge in [-0.05, 0) is 69.6 Å². The first-order valence-electron chi connectivity index (χ1n) is 11.3. The summed E-state index contributed by atoms with van der Waals surface area (Å²) in [6.07, 6.45) is 8.39. The van der Waals surface area contributed by atoms with E-state index in [4.69, 9.17) is 14.7 Å². The standard InChI is InChI=1S/C24H33N5O2/c1-29(2)22-20-9-4-5-10-21(20)27-24(28-22)26-18-13-11-17(12-14-18)25-23(30)16-7-6-8-19(15-16)31-3/h6-8,15,17-18H,4-5,9-14H2,1-3H3,(H,25,30)(H,26,27,28)/t17-,18+. The van der Waals surface area contributed by atoms with E-state index in [0.29, 0.717) is 17.4 Å². The minimum Gasteiger partial charge on any atom is -0.497 e. The zero-order valence-electron chi connectivity index (χ0n) is 18.8. The van der Waals surface area contributed by atoms with E-state index in [0.717, 1.165) is 50.3 Å². The number of nitrogens with zero attached hydrogens (tertiary/aromatic N) is 3. The van der Waals surface area contributed by atoms with Gasteiger partial charge in [0.05, 0.1) is 12.8 Å². The topological polar surface area (TPSA) is 79.4 Å². The minimum atomic E-state index is -0.0380. The highest BCUT2D eigenvalue weighted by atomic mass is 16.5. The molecule has 7 nitrogen and oxygen atoms in total. The monoisotopic (exact) mass is 423 g/mol. The van der Waals surface area contributed by atoms with Crippen LogP contribution in [0.2, 0.25) is 0 Å². The zero-order valence-corrected chi connectivity index (χ0v) is 18.8. The first kappa shape index (κ1) is 21.4. The molecule has 0 aliphatic heterocycles. The lowest BCUT2D eigenvalue weighted by molar-refractivity contribution is 0.0926. The summed E-state index contributed by atoms with van der Waals surface area (Å²) >= 11 is 0. The lowest BCUT2D eigenvalue weighted by Gasteiger charge is -2.30. The Bertz CT molecular complexity index is 922. The Balaban J connectivity index is 1.34. The highest BCUT2D eigenvalue weighted by Crippen LogP contribution is 2.29. The van der Waals surface area contributed by atoms with E-state index in [1.54, 1.807) is 13.2 Å². The van der Waals surface area contributed by atoms with Gasteiger partial charge in [0, 0.05) is 37.3 Å². The van der Waals surface area contributed by atoms with Crippen LogP contribution in [0, 0.1) is 0 Å². The number of benzene rings is 1. The van der Waals surface area contributed by atoms with Gasteiger partial charge in [0.1, 0.15) is 11.6 Å². The summed E-state index contributed by atoms with van der Waals surface area (Å²) in [5, 5.41) is 6.74. The SMILES string of the molecule is COc1cccc(C(=O)N[C@H]2CC[C@@H](Nc3nc4c(c(N(C)C)n3)CCCC4)CC2)c1. The Morgan fingerprint density at radius 1 is 1.06 bits per heavy atom. The fourth-order valence-electron chi connectivity index (χ4n) is 4.61. The number of hydrogen-bond donors (Lipinski definition) is 2. The van der Waals surface area contributed by atoms with E-state index in [1.165, 1.54) is 24.1 Å². The fraction of sp³-hybridized carbons (Fsp3) is 0.542. The minimum absolute atomic E-state index is 0.0380. The van der Waals surface area contributed by atoms with Crippen LogP contribution in [0.25, 0.3) is 0 Å². The second-order valence-corrected chi connectivity index (χ2v) is 8.80. The molecule has 0 atom stereocenters. The molecule has 2 aromatic rings. The quantitative estimate of drug-likeness (QED) is 0.739. The summed E-state index contributed by atoms with van der Waals surface area (Å²) in [6, 6.07) is 7.81. The molecule has 4 rings (SSSR count). The van der Waals surface area contributed by atoms with Crippen LogP contribution in [0.3, 0.4) is 0 Å². The number of methoxy groups -OCH3 is 1. The number of aromatic nitrogens is 2. The molecule has 7 heteroatoms. The third kappa shape index (κ3) is 5.09. The average molecular weight is 424 g/mol. The number of hydrogen-bond acceptors (Lipinski definition) is 6. The second kappa shape index (κ2) is 9.54. The van der Waals surface area contributed by atoms with Crippen molar-refractivity contribution in [2.75, 3.05) is 31.4 Å². The summed E-state index contributed by atoms with van der Waals surface area (Å²) in [7, 11) is 5.72. The average Bonchev–Trinajstić information content (AvgIpc) is 2.79. The van der Waals surface area contributed by atoms with Crippen LogP contribution in [-0.4, -0.2) is 49.2 Å². The van der Waals surface area contributed by atoms with Crippen molar-refractivity contribution in [1.29, 1.82) is 0 Å². The summed E-state index contributed by atoms with van der Waals surface area (Å²) in [6.45, 7) is 0. The molecule has 0 saturated heterocycles. The summed E-state index contributed by atoms with van der Waals surface area (Å²) in [5.41, 5.74) is 3.15. The molecule has 1 amide bonds. The molecule has 0 unspecified atom stereocenters. The Morgan fingerprint density at radius 3 is 2.55 bits per heavy atom. The molecule has 0 bridgehead atoms. The normalized spacial score (nSPS) is 20.5. The summed E-state index contributed by atoms with van der Waals surface area (Å²) in [5.74, 6) is 2.45. The molecule has 166 valence electrons. The third-order valence-corrected chi connectivity index (χ3v) is 6.31. The van der Waals surface area contributed by atoms with Crippen LogP contribution < -0.4 is 20.3 Å². The van der Waals surface area contributed by atoms with Gasteiger partial charge in [0.25, 0.3) is 5.91 Å². The van der Waals surface area contributed by atoms with Gasteiger partial charge in [-0.15, -0.1) is 0 Å². The fourth-order valence-corrected chi connectivity index (χ4v) is 4.61.